The number of piperidine rings is 1. The van der Waals surface area contributed by atoms with Crippen molar-refractivity contribution in [3.8, 4) is 5.69 Å². The number of ether oxygens (including phenoxy) is 1. The van der Waals surface area contributed by atoms with Crippen molar-refractivity contribution in [1.29, 1.82) is 0 Å². The Labute approximate surface area is 221 Å². The molecule has 1 fully saturated rings. The van der Waals surface area contributed by atoms with Crippen LogP contribution in [0.15, 0.2) is 48.7 Å². The average molecular weight is 529 g/mol. The summed E-state index contributed by atoms with van der Waals surface area (Å²) in [7, 11) is 0. The lowest BCUT2D eigenvalue weighted by Crippen LogP contribution is -2.41. The van der Waals surface area contributed by atoms with E-state index in [9.17, 15) is 9.59 Å². The topological polar surface area (TPSA) is 76.5 Å². The Kier molecular flexibility index (Phi) is 7.62. The first-order valence-electron chi connectivity index (χ1n) is 11.9. The molecule has 0 spiro atoms. The lowest BCUT2D eigenvalue weighted by atomic mass is 9.90. The molecule has 0 aliphatic carbocycles. The van der Waals surface area contributed by atoms with Crippen molar-refractivity contribution >= 4 is 40.9 Å². The summed E-state index contributed by atoms with van der Waals surface area (Å²) < 4.78 is 7.33. The molecular formula is C27H30Cl2N4O3. The molecule has 7 nitrogen and oxygen atoms in total. The second-order valence-corrected chi connectivity index (χ2v) is 10.9. The number of nitrogens with one attached hydrogen (secondary N) is 1. The van der Waals surface area contributed by atoms with Gasteiger partial charge in [0.2, 0.25) is 0 Å². The number of likely N-dealkylation sites (tertiary alicyclic amines) is 1. The lowest BCUT2D eigenvalue weighted by molar-refractivity contribution is 0.0203. The Morgan fingerprint density at radius 2 is 1.67 bits per heavy atom. The summed E-state index contributed by atoms with van der Waals surface area (Å²) in [5.41, 5.74) is 3.10. The van der Waals surface area contributed by atoms with Gasteiger partial charge in [-0.25, -0.2) is 9.48 Å². The first kappa shape index (κ1) is 26.0. The molecule has 0 unspecified atom stereocenters. The van der Waals surface area contributed by atoms with Gasteiger partial charge in [0.25, 0.3) is 5.91 Å². The van der Waals surface area contributed by atoms with Crippen molar-refractivity contribution in [1.82, 2.24) is 14.7 Å². The molecule has 1 aliphatic heterocycles. The summed E-state index contributed by atoms with van der Waals surface area (Å²) in [6.07, 6.45) is 2.63. The van der Waals surface area contributed by atoms with Crippen LogP contribution >= 0.6 is 23.2 Å². The normalized spacial score (nSPS) is 14.6. The van der Waals surface area contributed by atoms with Gasteiger partial charge >= 0.3 is 6.09 Å². The predicted octanol–water partition coefficient (Wildman–Crippen LogP) is 6.85. The van der Waals surface area contributed by atoms with Crippen LogP contribution in [0, 0.1) is 6.92 Å². The highest BCUT2D eigenvalue weighted by molar-refractivity contribution is 6.31. The molecule has 190 valence electrons. The zero-order chi connectivity index (χ0) is 26.0. The van der Waals surface area contributed by atoms with Crippen LogP contribution in [0.2, 0.25) is 10.0 Å². The van der Waals surface area contributed by atoms with Crippen LogP contribution in [0.25, 0.3) is 5.69 Å². The standard InChI is InChI=1S/C27H30Cl2N4O3/c1-17-5-6-20(29)15-23(17)31-25(34)22-16-30-33(21-9-7-19(28)8-10-21)24(22)18-11-13-32(14-12-18)26(35)36-27(2,3)4/h5-10,15-16,18H,11-14H2,1-4H3,(H,31,34). The number of halogens is 2. The highest BCUT2D eigenvalue weighted by Crippen LogP contribution is 2.33. The molecular weight excluding hydrogens is 499 g/mol. The third kappa shape index (κ3) is 6.02. The van der Waals surface area contributed by atoms with E-state index in [1.165, 1.54) is 0 Å². The second-order valence-electron chi connectivity index (χ2n) is 9.99. The molecule has 1 aliphatic rings. The number of anilines is 1. The fourth-order valence-corrected chi connectivity index (χ4v) is 4.59. The van der Waals surface area contributed by atoms with Crippen molar-refractivity contribution in [3.05, 3.63) is 75.5 Å². The molecule has 3 aromatic rings. The van der Waals surface area contributed by atoms with Gasteiger partial charge in [0.15, 0.2) is 0 Å². The van der Waals surface area contributed by atoms with E-state index in [1.54, 1.807) is 40.0 Å². The molecule has 0 bridgehead atoms. The Balaban J connectivity index is 1.63. The van der Waals surface area contributed by atoms with Crippen LogP contribution in [-0.2, 0) is 4.74 Å². The van der Waals surface area contributed by atoms with Crippen molar-refractivity contribution < 1.29 is 14.3 Å². The van der Waals surface area contributed by atoms with Gasteiger partial charge in [-0.1, -0.05) is 29.3 Å². The molecule has 1 aromatic heterocycles. The third-order valence-corrected chi connectivity index (χ3v) is 6.59. The zero-order valence-electron chi connectivity index (χ0n) is 20.8. The summed E-state index contributed by atoms with van der Waals surface area (Å²) in [6.45, 7) is 8.54. The van der Waals surface area contributed by atoms with Crippen LogP contribution in [0.3, 0.4) is 0 Å². The molecule has 9 heteroatoms. The van der Waals surface area contributed by atoms with E-state index in [4.69, 9.17) is 27.9 Å². The van der Waals surface area contributed by atoms with Crippen LogP contribution in [0.5, 0.6) is 0 Å². The number of aromatic nitrogens is 2. The quantitative estimate of drug-likeness (QED) is 0.401. The smallest absolute Gasteiger partial charge is 0.410 e. The fraction of sp³-hybridized carbons (Fsp3) is 0.370. The number of carbonyl (C=O) groups excluding carboxylic acids is 2. The minimum atomic E-state index is -0.551. The van der Waals surface area contributed by atoms with Crippen LogP contribution in [0.4, 0.5) is 10.5 Å². The number of amides is 2. The fourth-order valence-electron chi connectivity index (χ4n) is 4.29. The summed E-state index contributed by atoms with van der Waals surface area (Å²) in [5, 5.41) is 8.73. The zero-order valence-corrected chi connectivity index (χ0v) is 22.4. The maximum absolute atomic E-state index is 13.5. The predicted molar refractivity (Wildman–Crippen MR) is 142 cm³/mol. The van der Waals surface area contributed by atoms with Crippen molar-refractivity contribution in [3.63, 3.8) is 0 Å². The Morgan fingerprint density at radius 3 is 2.31 bits per heavy atom. The third-order valence-electron chi connectivity index (χ3n) is 6.10. The van der Waals surface area contributed by atoms with Gasteiger partial charge in [0, 0.05) is 34.7 Å². The number of aryl methyl sites for hydroxylation is 1. The SMILES string of the molecule is Cc1ccc(Cl)cc1NC(=O)c1cnn(-c2ccc(Cl)cc2)c1C1CCN(C(=O)OC(C)(C)C)CC1. The van der Waals surface area contributed by atoms with Gasteiger partial charge in [-0.2, -0.15) is 5.10 Å². The first-order valence-corrected chi connectivity index (χ1v) is 12.7. The lowest BCUT2D eigenvalue weighted by Gasteiger charge is -2.34. The maximum atomic E-state index is 13.5. The largest absolute Gasteiger partial charge is 0.444 e. The van der Waals surface area contributed by atoms with Gasteiger partial charge < -0.3 is 15.0 Å². The van der Waals surface area contributed by atoms with Gasteiger partial charge in [-0.15, -0.1) is 0 Å². The summed E-state index contributed by atoms with van der Waals surface area (Å²) in [6, 6.07) is 12.7. The number of hydrogen-bond acceptors (Lipinski definition) is 4. The van der Waals surface area contributed by atoms with Crippen molar-refractivity contribution in [2.75, 3.05) is 18.4 Å². The Hall–Kier alpha value is -3.03. The maximum Gasteiger partial charge on any atom is 0.410 e. The highest BCUT2D eigenvalue weighted by atomic mass is 35.5. The average Bonchev–Trinajstić information content (AvgIpc) is 3.26. The highest BCUT2D eigenvalue weighted by Gasteiger charge is 2.32. The van der Waals surface area contributed by atoms with Crippen LogP contribution in [0.1, 0.15) is 61.1 Å². The van der Waals surface area contributed by atoms with Gasteiger partial charge in [0.1, 0.15) is 5.60 Å². The van der Waals surface area contributed by atoms with Gasteiger partial charge in [-0.05, 0) is 82.5 Å². The first-order chi connectivity index (χ1) is 17.0. The monoisotopic (exact) mass is 528 g/mol. The molecule has 4 rings (SSSR count). The van der Waals surface area contributed by atoms with E-state index in [0.717, 1.165) is 16.9 Å². The molecule has 0 saturated carbocycles. The number of rotatable bonds is 4. The van der Waals surface area contributed by atoms with E-state index in [0.29, 0.717) is 47.2 Å². The molecule has 2 aromatic carbocycles. The van der Waals surface area contributed by atoms with Gasteiger partial charge in [-0.3, -0.25) is 4.79 Å². The van der Waals surface area contributed by atoms with E-state index < -0.39 is 5.60 Å². The van der Waals surface area contributed by atoms with E-state index >= 15 is 0 Å². The van der Waals surface area contributed by atoms with Crippen LogP contribution in [-0.4, -0.2) is 45.4 Å². The number of nitrogens with zero attached hydrogens (tertiary/aromatic N) is 3. The van der Waals surface area contributed by atoms with Crippen molar-refractivity contribution in [2.24, 2.45) is 0 Å². The molecule has 2 heterocycles. The Morgan fingerprint density at radius 1 is 1.03 bits per heavy atom. The Bertz CT molecular complexity index is 1260. The summed E-state index contributed by atoms with van der Waals surface area (Å²) >= 11 is 12.3. The van der Waals surface area contributed by atoms with Gasteiger partial charge in [0.05, 0.1) is 23.1 Å². The summed E-state index contributed by atoms with van der Waals surface area (Å²) in [5.74, 6) is -0.242. The molecule has 0 atom stereocenters. The minimum Gasteiger partial charge on any atom is -0.444 e. The van der Waals surface area contributed by atoms with E-state index in [-0.39, 0.29) is 17.9 Å². The second kappa shape index (κ2) is 10.5. The van der Waals surface area contributed by atoms with Crippen molar-refractivity contribution in [2.45, 2.75) is 52.1 Å². The number of carbonyl (C=O) groups is 2. The molecule has 36 heavy (non-hydrogen) atoms. The molecule has 1 saturated heterocycles. The number of benzene rings is 2. The summed E-state index contributed by atoms with van der Waals surface area (Å²) in [4.78, 5) is 27.7. The number of hydrogen-bond donors (Lipinski definition) is 1. The molecule has 0 radical (unpaired) electrons. The van der Waals surface area contributed by atoms with E-state index in [2.05, 4.69) is 10.4 Å². The van der Waals surface area contributed by atoms with Crippen LogP contribution < -0.4 is 5.32 Å². The molecule has 1 N–H and O–H groups in total. The minimum absolute atomic E-state index is 0.0167. The molecule has 2 amide bonds. The van der Waals surface area contributed by atoms with E-state index in [1.807, 2.05) is 45.9 Å².